The Morgan fingerprint density at radius 3 is 2.93 bits per heavy atom. The molecule has 1 aliphatic rings. The first kappa shape index (κ1) is 9.69. The maximum absolute atomic E-state index is 8.96. The minimum absolute atomic E-state index is 0.227. The third-order valence-electron chi connectivity index (χ3n) is 2.81. The fourth-order valence-electron chi connectivity index (χ4n) is 2.06. The van der Waals surface area contributed by atoms with Gasteiger partial charge < -0.3 is 9.84 Å². The van der Waals surface area contributed by atoms with Gasteiger partial charge in [0.15, 0.2) is 0 Å². The van der Waals surface area contributed by atoms with E-state index in [-0.39, 0.29) is 6.61 Å². The number of aliphatic hydroxyl groups excluding tert-OH is 1. The van der Waals surface area contributed by atoms with E-state index >= 15 is 0 Å². The average Bonchev–Trinajstić information content (AvgIpc) is 2.72. The highest BCUT2D eigenvalue weighted by Gasteiger charge is 2.19. The Labute approximate surface area is 84.5 Å². The highest BCUT2D eigenvalue weighted by molar-refractivity contribution is 5.31. The van der Waals surface area contributed by atoms with Crippen LogP contribution in [0.3, 0.4) is 0 Å². The number of aliphatic hydroxyl groups is 1. The van der Waals surface area contributed by atoms with Crippen LogP contribution in [-0.2, 0) is 11.2 Å². The van der Waals surface area contributed by atoms with Crippen LogP contribution in [0, 0.1) is 0 Å². The summed E-state index contributed by atoms with van der Waals surface area (Å²) in [6.45, 7) is 1.94. The normalized spacial score (nSPS) is 21.4. The molecule has 1 aromatic carbocycles. The zero-order valence-corrected chi connectivity index (χ0v) is 8.28. The molecular formula is C12H16O2. The third-order valence-corrected chi connectivity index (χ3v) is 2.81. The molecule has 0 aliphatic carbocycles. The first-order valence-corrected chi connectivity index (χ1v) is 5.18. The van der Waals surface area contributed by atoms with E-state index in [9.17, 15) is 0 Å². The van der Waals surface area contributed by atoms with E-state index in [0.717, 1.165) is 26.1 Å². The summed E-state index contributed by atoms with van der Waals surface area (Å²) in [7, 11) is 0. The molecule has 1 atom stereocenters. The van der Waals surface area contributed by atoms with E-state index in [1.165, 1.54) is 11.1 Å². The highest BCUT2D eigenvalue weighted by atomic mass is 16.5. The van der Waals surface area contributed by atoms with Crippen LogP contribution in [0.2, 0.25) is 0 Å². The summed E-state index contributed by atoms with van der Waals surface area (Å²) in [5.74, 6) is 0.540. The second kappa shape index (κ2) is 4.58. The molecule has 2 nitrogen and oxygen atoms in total. The van der Waals surface area contributed by atoms with Crippen LogP contribution in [0.25, 0.3) is 0 Å². The average molecular weight is 192 g/mol. The van der Waals surface area contributed by atoms with Crippen molar-refractivity contribution in [3.05, 3.63) is 35.4 Å². The van der Waals surface area contributed by atoms with Gasteiger partial charge in [-0.2, -0.15) is 0 Å². The SMILES string of the molecule is OCCc1ccccc1C1CCOC1. The lowest BCUT2D eigenvalue weighted by atomic mass is 9.92. The van der Waals surface area contributed by atoms with E-state index in [2.05, 4.69) is 18.2 Å². The van der Waals surface area contributed by atoms with Crippen LogP contribution in [0.4, 0.5) is 0 Å². The number of hydrogen-bond donors (Lipinski definition) is 1. The molecule has 1 fully saturated rings. The lowest BCUT2D eigenvalue weighted by Crippen LogP contribution is -2.03. The molecule has 1 aromatic rings. The number of benzene rings is 1. The summed E-state index contributed by atoms with van der Waals surface area (Å²) in [6.07, 6.45) is 1.87. The Bertz CT molecular complexity index is 290. The van der Waals surface area contributed by atoms with Gasteiger partial charge in [-0.25, -0.2) is 0 Å². The van der Waals surface area contributed by atoms with Crippen LogP contribution in [0.5, 0.6) is 0 Å². The Hall–Kier alpha value is -0.860. The summed E-state index contributed by atoms with van der Waals surface area (Å²) in [5.41, 5.74) is 2.63. The molecule has 2 heteroatoms. The first-order valence-electron chi connectivity index (χ1n) is 5.18. The maximum Gasteiger partial charge on any atom is 0.0535 e. The van der Waals surface area contributed by atoms with Gasteiger partial charge in [-0.15, -0.1) is 0 Å². The second-order valence-electron chi connectivity index (χ2n) is 3.73. The van der Waals surface area contributed by atoms with Gasteiger partial charge in [0.1, 0.15) is 0 Å². The Morgan fingerprint density at radius 2 is 2.21 bits per heavy atom. The second-order valence-corrected chi connectivity index (χ2v) is 3.73. The van der Waals surface area contributed by atoms with Crippen molar-refractivity contribution < 1.29 is 9.84 Å². The van der Waals surface area contributed by atoms with E-state index in [1.807, 2.05) is 6.07 Å². The standard InChI is InChI=1S/C12H16O2/c13-7-5-10-3-1-2-4-12(10)11-6-8-14-9-11/h1-4,11,13H,5-9H2. The summed E-state index contributed by atoms with van der Waals surface area (Å²) < 4.78 is 5.38. The molecule has 0 radical (unpaired) electrons. The molecule has 0 spiro atoms. The molecule has 1 unspecified atom stereocenters. The van der Waals surface area contributed by atoms with E-state index < -0.39 is 0 Å². The monoisotopic (exact) mass is 192 g/mol. The van der Waals surface area contributed by atoms with Crippen molar-refractivity contribution in [2.75, 3.05) is 19.8 Å². The number of rotatable bonds is 3. The Balaban J connectivity index is 2.21. The van der Waals surface area contributed by atoms with Crippen molar-refractivity contribution in [3.63, 3.8) is 0 Å². The fraction of sp³-hybridized carbons (Fsp3) is 0.500. The predicted molar refractivity (Wildman–Crippen MR) is 55.4 cm³/mol. The maximum atomic E-state index is 8.96. The van der Waals surface area contributed by atoms with Crippen LogP contribution < -0.4 is 0 Å². The van der Waals surface area contributed by atoms with E-state index in [4.69, 9.17) is 9.84 Å². The zero-order valence-electron chi connectivity index (χ0n) is 8.28. The lowest BCUT2D eigenvalue weighted by Gasteiger charge is -2.13. The van der Waals surface area contributed by atoms with Crippen LogP contribution in [-0.4, -0.2) is 24.9 Å². The molecule has 1 saturated heterocycles. The first-order chi connectivity index (χ1) is 6.92. The Kier molecular flexibility index (Phi) is 3.17. The third kappa shape index (κ3) is 1.97. The quantitative estimate of drug-likeness (QED) is 0.790. The summed E-state index contributed by atoms with van der Waals surface area (Å²) in [6, 6.07) is 8.35. The molecule has 0 aromatic heterocycles. The van der Waals surface area contributed by atoms with Gasteiger partial charge in [0, 0.05) is 19.1 Å². The molecule has 76 valence electrons. The van der Waals surface area contributed by atoms with Crippen molar-refractivity contribution in [2.24, 2.45) is 0 Å². The van der Waals surface area contributed by atoms with Crippen LogP contribution >= 0.6 is 0 Å². The molecule has 2 rings (SSSR count). The molecule has 0 saturated carbocycles. The summed E-state index contributed by atoms with van der Waals surface area (Å²) >= 11 is 0. The molecule has 1 aliphatic heterocycles. The molecule has 14 heavy (non-hydrogen) atoms. The van der Waals surface area contributed by atoms with Gasteiger partial charge in [-0.05, 0) is 24.0 Å². The van der Waals surface area contributed by atoms with E-state index in [1.54, 1.807) is 0 Å². The van der Waals surface area contributed by atoms with Gasteiger partial charge in [-0.3, -0.25) is 0 Å². The minimum Gasteiger partial charge on any atom is -0.396 e. The summed E-state index contributed by atoms with van der Waals surface area (Å²) in [4.78, 5) is 0. The molecule has 0 bridgehead atoms. The number of ether oxygens (including phenoxy) is 1. The lowest BCUT2D eigenvalue weighted by molar-refractivity contribution is 0.193. The topological polar surface area (TPSA) is 29.5 Å². The fourth-order valence-corrected chi connectivity index (χ4v) is 2.06. The van der Waals surface area contributed by atoms with Crippen molar-refractivity contribution in [1.82, 2.24) is 0 Å². The van der Waals surface area contributed by atoms with Crippen molar-refractivity contribution in [1.29, 1.82) is 0 Å². The molecule has 0 amide bonds. The van der Waals surface area contributed by atoms with Crippen molar-refractivity contribution in [3.8, 4) is 0 Å². The zero-order chi connectivity index (χ0) is 9.80. The van der Waals surface area contributed by atoms with Gasteiger partial charge in [0.25, 0.3) is 0 Å². The van der Waals surface area contributed by atoms with Crippen LogP contribution in [0.1, 0.15) is 23.5 Å². The highest BCUT2D eigenvalue weighted by Crippen LogP contribution is 2.27. The molecular weight excluding hydrogens is 176 g/mol. The summed E-state index contributed by atoms with van der Waals surface area (Å²) in [5, 5.41) is 8.96. The van der Waals surface area contributed by atoms with Gasteiger partial charge >= 0.3 is 0 Å². The minimum atomic E-state index is 0.227. The Morgan fingerprint density at radius 1 is 1.36 bits per heavy atom. The molecule has 1 N–H and O–H groups in total. The van der Waals surface area contributed by atoms with Gasteiger partial charge in [0.2, 0.25) is 0 Å². The van der Waals surface area contributed by atoms with Crippen LogP contribution in [0.15, 0.2) is 24.3 Å². The van der Waals surface area contributed by atoms with Crippen molar-refractivity contribution in [2.45, 2.75) is 18.8 Å². The van der Waals surface area contributed by atoms with Gasteiger partial charge in [-0.1, -0.05) is 24.3 Å². The van der Waals surface area contributed by atoms with Gasteiger partial charge in [0.05, 0.1) is 6.61 Å². The largest absolute Gasteiger partial charge is 0.396 e. The smallest absolute Gasteiger partial charge is 0.0535 e. The number of hydrogen-bond acceptors (Lipinski definition) is 2. The van der Waals surface area contributed by atoms with Crippen molar-refractivity contribution >= 4 is 0 Å². The van der Waals surface area contributed by atoms with E-state index in [0.29, 0.717) is 5.92 Å². The predicted octanol–water partition coefficient (Wildman–Crippen LogP) is 1.73. The molecule has 1 heterocycles.